The average molecular weight is 789 g/mol. The van der Waals surface area contributed by atoms with Crippen molar-refractivity contribution in [3.8, 4) is 67.0 Å². The average Bonchev–Trinajstić information content (AvgIpc) is 3.86. The molecular formula is C60H40N2. The van der Waals surface area contributed by atoms with Crippen LogP contribution in [0.5, 0.6) is 0 Å². The highest BCUT2D eigenvalue weighted by Crippen LogP contribution is 2.41. The molecule has 2 aromatic heterocycles. The fourth-order valence-electron chi connectivity index (χ4n) is 9.49. The quantitative estimate of drug-likeness (QED) is 0.152. The normalized spacial score (nSPS) is 11.5. The van der Waals surface area contributed by atoms with Crippen molar-refractivity contribution in [2.75, 3.05) is 0 Å². The van der Waals surface area contributed by atoms with Gasteiger partial charge in [0.2, 0.25) is 0 Å². The van der Waals surface area contributed by atoms with Crippen LogP contribution in [0.15, 0.2) is 243 Å². The number of nitrogens with zero attached hydrogens (tertiary/aromatic N) is 2. The number of aromatic nitrogens is 2. The van der Waals surface area contributed by atoms with Gasteiger partial charge in [0, 0.05) is 32.9 Å². The van der Waals surface area contributed by atoms with Gasteiger partial charge in [-0.2, -0.15) is 0 Å². The first kappa shape index (κ1) is 35.7. The van der Waals surface area contributed by atoms with Crippen molar-refractivity contribution in [3.63, 3.8) is 0 Å². The van der Waals surface area contributed by atoms with Gasteiger partial charge in [-0.1, -0.05) is 170 Å². The maximum absolute atomic E-state index is 2.45. The summed E-state index contributed by atoms with van der Waals surface area (Å²) in [6.45, 7) is 0. The van der Waals surface area contributed by atoms with E-state index in [0.717, 1.165) is 11.4 Å². The van der Waals surface area contributed by atoms with Crippen molar-refractivity contribution in [1.29, 1.82) is 0 Å². The second-order valence-electron chi connectivity index (χ2n) is 16.2. The van der Waals surface area contributed by atoms with Crippen molar-refractivity contribution in [2.45, 2.75) is 0 Å². The molecule has 0 amide bonds. The summed E-state index contributed by atoms with van der Waals surface area (Å²) in [5.41, 5.74) is 19.0. The van der Waals surface area contributed by atoms with Gasteiger partial charge in [0.05, 0.1) is 22.1 Å². The number of hydrogen-bond acceptors (Lipinski definition) is 0. The topological polar surface area (TPSA) is 9.86 Å². The number of rotatable bonds is 7. The van der Waals surface area contributed by atoms with Gasteiger partial charge in [0.15, 0.2) is 0 Å². The van der Waals surface area contributed by atoms with Gasteiger partial charge in [0.25, 0.3) is 0 Å². The van der Waals surface area contributed by atoms with Gasteiger partial charge in [-0.05, 0) is 128 Å². The lowest BCUT2D eigenvalue weighted by Gasteiger charge is -2.12. The third-order valence-corrected chi connectivity index (χ3v) is 12.5. The minimum Gasteiger partial charge on any atom is -0.309 e. The zero-order valence-corrected chi connectivity index (χ0v) is 34.0. The Kier molecular flexibility index (Phi) is 8.53. The highest BCUT2D eigenvalue weighted by atomic mass is 15.0. The van der Waals surface area contributed by atoms with E-state index in [0.29, 0.717) is 0 Å². The van der Waals surface area contributed by atoms with Crippen LogP contribution in [-0.2, 0) is 0 Å². The molecule has 2 heteroatoms. The maximum atomic E-state index is 2.45. The molecule has 0 radical (unpaired) electrons. The lowest BCUT2D eigenvalue weighted by Crippen LogP contribution is -1.95. The van der Waals surface area contributed by atoms with Crippen LogP contribution in [0.3, 0.4) is 0 Å². The zero-order valence-electron chi connectivity index (χ0n) is 34.0. The molecular weight excluding hydrogens is 749 g/mol. The lowest BCUT2D eigenvalue weighted by atomic mass is 9.93. The summed E-state index contributed by atoms with van der Waals surface area (Å²) in [5.74, 6) is 0. The fraction of sp³-hybridized carbons (Fsp3) is 0. The molecule has 2 heterocycles. The number of hydrogen-bond donors (Lipinski definition) is 0. The third-order valence-electron chi connectivity index (χ3n) is 12.5. The molecule has 2 nitrogen and oxygen atoms in total. The number of benzene rings is 10. The molecule has 12 aromatic rings. The van der Waals surface area contributed by atoms with E-state index in [9.17, 15) is 0 Å². The molecule has 0 aliphatic heterocycles. The van der Waals surface area contributed by atoms with E-state index in [1.54, 1.807) is 0 Å². The largest absolute Gasteiger partial charge is 0.309 e. The highest BCUT2D eigenvalue weighted by Gasteiger charge is 2.18. The Morgan fingerprint density at radius 3 is 1.10 bits per heavy atom. The Morgan fingerprint density at radius 2 is 0.532 bits per heavy atom. The molecule has 0 bridgehead atoms. The summed E-state index contributed by atoms with van der Waals surface area (Å²) in [5, 5.41) is 4.96. The Hall–Kier alpha value is -8.20. The standard InChI is InChI=1S/C60H40N2/c1-5-15-41(16-6-1)44-25-30-52(31-26-44)62-58-34-29-45(50-36-48(42-17-7-2-8-18-42)35-49(37-50)43-19-9-3-10-20-43)38-56(58)55-33-28-47(40-60(55)62)46-27-32-54-53-23-13-14-24-57(53)61(59(54)39-46)51-21-11-4-12-22-51/h1-40H. The van der Waals surface area contributed by atoms with Crippen LogP contribution in [-0.4, -0.2) is 9.13 Å². The molecule has 12 rings (SSSR count). The zero-order chi connectivity index (χ0) is 41.0. The van der Waals surface area contributed by atoms with Crippen LogP contribution in [0.2, 0.25) is 0 Å². The van der Waals surface area contributed by atoms with Crippen LogP contribution in [0.25, 0.3) is 111 Å². The number of para-hydroxylation sites is 2. The predicted octanol–water partition coefficient (Wildman–Crippen LogP) is 16.2. The van der Waals surface area contributed by atoms with Gasteiger partial charge < -0.3 is 9.13 Å². The van der Waals surface area contributed by atoms with Crippen LogP contribution in [0.4, 0.5) is 0 Å². The first-order valence-electron chi connectivity index (χ1n) is 21.3. The lowest BCUT2D eigenvalue weighted by molar-refractivity contribution is 1.18. The van der Waals surface area contributed by atoms with Crippen LogP contribution in [0, 0.1) is 0 Å². The van der Waals surface area contributed by atoms with Crippen molar-refractivity contribution in [3.05, 3.63) is 243 Å². The molecule has 0 saturated carbocycles. The predicted molar refractivity (Wildman–Crippen MR) is 262 cm³/mol. The summed E-state index contributed by atoms with van der Waals surface area (Å²) in [6, 6.07) is 88.5. The Labute approximate surface area is 360 Å². The van der Waals surface area contributed by atoms with Crippen molar-refractivity contribution in [1.82, 2.24) is 9.13 Å². The van der Waals surface area contributed by atoms with Crippen molar-refractivity contribution < 1.29 is 0 Å². The van der Waals surface area contributed by atoms with Gasteiger partial charge in [0.1, 0.15) is 0 Å². The summed E-state index contributed by atoms with van der Waals surface area (Å²) >= 11 is 0. The molecule has 290 valence electrons. The first-order valence-corrected chi connectivity index (χ1v) is 21.3. The van der Waals surface area contributed by atoms with E-state index in [4.69, 9.17) is 0 Å². The Morgan fingerprint density at radius 1 is 0.177 bits per heavy atom. The van der Waals surface area contributed by atoms with E-state index in [1.807, 2.05) is 0 Å². The SMILES string of the molecule is c1ccc(-c2ccc(-n3c4ccc(-c5cc(-c6ccccc6)cc(-c6ccccc6)c5)cc4c4ccc(-c5ccc6c7ccccc7n(-c7ccccc7)c6c5)cc43)cc2)cc1. The molecule has 0 aliphatic rings. The van der Waals surface area contributed by atoms with E-state index in [2.05, 4.69) is 252 Å². The molecule has 62 heavy (non-hydrogen) atoms. The second-order valence-corrected chi connectivity index (χ2v) is 16.2. The highest BCUT2D eigenvalue weighted by molar-refractivity contribution is 6.13. The molecule has 0 N–H and O–H groups in total. The van der Waals surface area contributed by atoms with Gasteiger partial charge >= 0.3 is 0 Å². The monoisotopic (exact) mass is 788 g/mol. The molecule has 0 atom stereocenters. The molecule has 0 fully saturated rings. The van der Waals surface area contributed by atoms with Crippen molar-refractivity contribution >= 4 is 43.6 Å². The summed E-state index contributed by atoms with van der Waals surface area (Å²) < 4.78 is 4.84. The Bertz CT molecular complexity index is 3520. The Balaban J connectivity index is 1.06. The molecule has 0 spiro atoms. The van der Waals surface area contributed by atoms with Crippen LogP contribution in [0.1, 0.15) is 0 Å². The summed E-state index contributed by atoms with van der Waals surface area (Å²) in [7, 11) is 0. The third kappa shape index (κ3) is 6.12. The summed E-state index contributed by atoms with van der Waals surface area (Å²) in [6.07, 6.45) is 0. The van der Waals surface area contributed by atoms with Gasteiger partial charge in [-0.15, -0.1) is 0 Å². The van der Waals surface area contributed by atoms with Gasteiger partial charge in [-0.25, -0.2) is 0 Å². The molecule has 10 aromatic carbocycles. The van der Waals surface area contributed by atoms with Crippen LogP contribution < -0.4 is 0 Å². The first-order chi connectivity index (χ1) is 30.7. The minimum atomic E-state index is 1.13. The molecule has 0 saturated heterocycles. The maximum Gasteiger partial charge on any atom is 0.0547 e. The number of fused-ring (bicyclic) bond motifs is 6. The van der Waals surface area contributed by atoms with E-state index in [1.165, 1.54) is 99.2 Å². The van der Waals surface area contributed by atoms with E-state index >= 15 is 0 Å². The minimum absolute atomic E-state index is 1.13. The fourth-order valence-corrected chi connectivity index (χ4v) is 9.49. The van der Waals surface area contributed by atoms with E-state index in [-0.39, 0.29) is 0 Å². The van der Waals surface area contributed by atoms with Crippen LogP contribution >= 0.6 is 0 Å². The van der Waals surface area contributed by atoms with Gasteiger partial charge in [-0.3, -0.25) is 0 Å². The summed E-state index contributed by atoms with van der Waals surface area (Å²) in [4.78, 5) is 0. The molecule has 0 aliphatic carbocycles. The van der Waals surface area contributed by atoms with E-state index < -0.39 is 0 Å². The molecule has 0 unspecified atom stereocenters. The second kappa shape index (κ2) is 14.8. The van der Waals surface area contributed by atoms with Crippen molar-refractivity contribution in [2.24, 2.45) is 0 Å². The smallest absolute Gasteiger partial charge is 0.0547 e.